The molecule has 0 radical (unpaired) electrons. The number of anilines is 1. The molecule has 1 atom stereocenters. The minimum Gasteiger partial charge on any atom is -0.497 e. The third kappa shape index (κ3) is 5.42. The molecule has 0 fully saturated rings. The SMILES string of the molecule is COc1cccc(-c2noc(CSC(C)C(=O)Nc3ccc(OC)c(Cl)c3)n2)c1. The van der Waals surface area contributed by atoms with Gasteiger partial charge < -0.3 is 19.3 Å². The summed E-state index contributed by atoms with van der Waals surface area (Å²) in [5.41, 5.74) is 1.40. The van der Waals surface area contributed by atoms with Crippen LogP contribution in [0.3, 0.4) is 0 Å². The summed E-state index contributed by atoms with van der Waals surface area (Å²) in [6.45, 7) is 1.81. The van der Waals surface area contributed by atoms with Crippen molar-refractivity contribution in [1.29, 1.82) is 0 Å². The van der Waals surface area contributed by atoms with Gasteiger partial charge in [0.1, 0.15) is 11.5 Å². The van der Waals surface area contributed by atoms with Crippen LogP contribution in [0.4, 0.5) is 5.69 Å². The van der Waals surface area contributed by atoms with E-state index in [1.807, 2.05) is 31.2 Å². The van der Waals surface area contributed by atoms with Gasteiger partial charge in [-0.2, -0.15) is 4.98 Å². The van der Waals surface area contributed by atoms with Crippen LogP contribution in [0, 0.1) is 0 Å². The molecule has 0 aliphatic carbocycles. The van der Waals surface area contributed by atoms with Gasteiger partial charge in [-0.05, 0) is 37.3 Å². The van der Waals surface area contributed by atoms with E-state index in [1.54, 1.807) is 25.3 Å². The van der Waals surface area contributed by atoms with Crippen LogP contribution in [-0.2, 0) is 10.5 Å². The number of aromatic nitrogens is 2. The first-order chi connectivity index (χ1) is 14.0. The average Bonchev–Trinajstić information content (AvgIpc) is 3.21. The molecule has 1 aromatic heterocycles. The largest absolute Gasteiger partial charge is 0.497 e. The van der Waals surface area contributed by atoms with Crippen molar-refractivity contribution in [3.8, 4) is 22.9 Å². The fourth-order valence-corrected chi connectivity index (χ4v) is 3.43. The number of hydrogen-bond acceptors (Lipinski definition) is 7. The van der Waals surface area contributed by atoms with Gasteiger partial charge in [0.25, 0.3) is 0 Å². The van der Waals surface area contributed by atoms with Crippen LogP contribution >= 0.6 is 23.4 Å². The van der Waals surface area contributed by atoms with Gasteiger partial charge >= 0.3 is 0 Å². The summed E-state index contributed by atoms with van der Waals surface area (Å²) in [4.78, 5) is 16.8. The molecule has 3 aromatic rings. The van der Waals surface area contributed by atoms with E-state index < -0.39 is 0 Å². The summed E-state index contributed by atoms with van der Waals surface area (Å²) in [5.74, 6) is 2.45. The number of benzene rings is 2. The number of rotatable bonds is 8. The van der Waals surface area contributed by atoms with E-state index in [9.17, 15) is 4.79 Å². The number of carbonyl (C=O) groups excluding carboxylic acids is 1. The Morgan fingerprint density at radius 2 is 2.07 bits per heavy atom. The Bertz CT molecular complexity index is 995. The molecule has 1 unspecified atom stereocenters. The zero-order chi connectivity index (χ0) is 20.8. The molecule has 152 valence electrons. The number of nitrogens with zero attached hydrogens (tertiary/aromatic N) is 2. The van der Waals surface area contributed by atoms with Crippen LogP contribution < -0.4 is 14.8 Å². The quantitative estimate of drug-likeness (QED) is 0.552. The first-order valence-corrected chi connectivity index (χ1v) is 10.2. The number of nitrogens with one attached hydrogen (secondary N) is 1. The van der Waals surface area contributed by atoms with Crippen LogP contribution in [0.1, 0.15) is 12.8 Å². The van der Waals surface area contributed by atoms with Crippen molar-refractivity contribution in [1.82, 2.24) is 10.1 Å². The number of ether oxygens (including phenoxy) is 2. The van der Waals surface area contributed by atoms with Gasteiger partial charge in [0, 0.05) is 11.3 Å². The summed E-state index contributed by atoms with van der Waals surface area (Å²) in [7, 11) is 3.14. The lowest BCUT2D eigenvalue weighted by atomic mass is 10.2. The molecule has 1 N–H and O–H groups in total. The minimum absolute atomic E-state index is 0.149. The molecule has 0 bridgehead atoms. The second kappa shape index (κ2) is 9.67. The Hall–Kier alpha value is -2.71. The van der Waals surface area contributed by atoms with Crippen LogP contribution in [0.2, 0.25) is 5.02 Å². The smallest absolute Gasteiger partial charge is 0.237 e. The number of thioether (sulfide) groups is 1. The first kappa shape index (κ1) is 21.0. The van der Waals surface area contributed by atoms with E-state index in [-0.39, 0.29) is 11.2 Å². The molecule has 0 aliphatic heterocycles. The summed E-state index contributed by atoms with van der Waals surface area (Å²) in [6, 6.07) is 12.5. The number of carbonyl (C=O) groups is 1. The Morgan fingerprint density at radius 3 is 2.79 bits per heavy atom. The van der Waals surface area contributed by atoms with Crippen molar-refractivity contribution < 1.29 is 18.8 Å². The second-order valence-electron chi connectivity index (χ2n) is 6.04. The van der Waals surface area contributed by atoms with Gasteiger partial charge in [0.05, 0.1) is 30.2 Å². The molecular weight excluding hydrogens is 414 g/mol. The summed E-state index contributed by atoms with van der Waals surface area (Å²) in [5, 5.41) is 6.93. The van der Waals surface area contributed by atoms with E-state index >= 15 is 0 Å². The van der Waals surface area contributed by atoms with Gasteiger partial charge in [-0.25, -0.2) is 0 Å². The molecule has 9 heteroatoms. The maximum atomic E-state index is 12.4. The highest BCUT2D eigenvalue weighted by atomic mass is 35.5. The number of halogens is 1. The molecule has 0 spiro atoms. The maximum Gasteiger partial charge on any atom is 0.237 e. The Kier molecular flexibility index (Phi) is 7.00. The van der Waals surface area contributed by atoms with E-state index in [0.29, 0.717) is 39.7 Å². The predicted octanol–water partition coefficient (Wildman–Crippen LogP) is 4.67. The van der Waals surface area contributed by atoms with Crippen LogP contribution in [-0.4, -0.2) is 35.5 Å². The number of hydrogen-bond donors (Lipinski definition) is 1. The van der Waals surface area contributed by atoms with E-state index in [0.717, 1.165) is 5.56 Å². The fraction of sp³-hybridized carbons (Fsp3) is 0.250. The molecule has 7 nitrogen and oxygen atoms in total. The summed E-state index contributed by atoms with van der Waals surface area (Å²) in [6.07, 6.45) is 0. The van der Waals surface area contributed by atoms with Crippen molar-refractivity contribution in [2.75, 3.05) is 19.5 Å². The van der Waals surface area contributed by atoms with Crippen molar-refractivity contribution in [2.45, 2.75) is 17.9 Å². The van der Waals surface area contributed by atoms with Gasteiger partial charge in [0.2, 0.25) is 17.6 Å². The number of amides is 1. The lowest BCUT2D eigenvalue weighted by Gasteiger charge is -2.12. The van der Waals surface area contributed by atoms with Crippen LogP contribution in [0.15, 0.2) is 47.0 Å². The molecule has 3 rings (SSSR count). The zero-order valence-corrected chi connectivity index (χ0v) is 17.7. The highest BCUT2D eigenvalue weighted by Gasteiger charge is 2.17. The van der Waals surface area contributed by atoms with Crippen LogP contribution in [0.25, 0.3) is 11.4 Å². The lowest BCUT2D eigenvalue weighted by molar-refractivity contribution is -0.115. The Morgan fingerprint density at radius 1 is 1.24 bits per heavy atom. The van der Waals surface area contributed by atoms with Gasteiger partial charge in [0.15, 0.2) is 0 Å². The first-order valence-electron chi connectivity index (χ1n) is 8.73. The monoisotopic (exact) mass is 433 g/mol. The predicted molar refractivity (Wildman–Crippen MR) is 114 cm³/mol. The third-order valence-corrected chi connectivity index (χ3v) is 5.46. The van der Waals surface area contributed by atoms with Crippen molar-refractivity contribution in [3.63, 3.8) is 0 Å². The van der Waals surface area contributed by atoms with E-state index in [4.69, 9.17) is 25.6 Å². The topological polar surface area (TPSA) is 86.5 Å². The Labute approximate surface area is 177 Å². The molecule has 1 heterocycles. The molecule has 0 saturated carbocycles. The normalized spacial score (nSPS) is 11.7. The van der Waals surface area contributed by atoms with Crippen molar-refractivity contribution in [2.24, 2.45) is 0 Å². The minimum atomic E-state index is -0.331. The molecule has 29 heavy (non-hydrogen) atoms. The molecular formula is C20H20ClN3O4S. The van der Waals surface area contributed by atoms with Gasteiger partial charge in [-0.3, -0.25) is 4.79 Å². The van der Waals surface area contributed by atoms with Gasteiger partial charge in [-0.1, -0.05) is 28.9 Å². The Balaban J connectivity index is 1.56. The highest BCUT2D eigenvalue weighted by Crippen LogP contribution is 2.28. The van der Waals surface area contributed by atoms with E-state index in [1.165, 1.54) is 18.9 Å². The van der Waals surface area contributed by atoms with E-state index in [2.05, 4.69) is 15.5 Å². The lowest BCUT2D eigenvalue weighted by Crippen LogP contribution is -2.22. The second-order valence-corrected chi connectivity index (χ2v) is 7.77. The third-order valence-electron chi connectivity index (χ3n) is 4.04. The molecule has 1 amide bonds. The standard InChI is InChI=1S/C20H20ClN3O4S/c1-12(20(25)22-14-7-8-17(27-3)16(21)10-14)29-11-18-23-19(24-28-18)13-5-4-6-15(9-13)26-2/h4-10,12H,11H2,1-3H3,(H,22,25). The maximum absolute atomic E-state index is 12.4. The van der Waals surface area contributed by atoms with Crippen molar-refractivity contribution in [3.05, 3.63) is 53.4 Å². The van der Waals surface area contributed by atoms with Gasteiger partial charge in [-0.15, -0.1) is 11.8 Å². The van der Waals surface area contributed by atoms with Crippen LogP contribution in [0.5, 0.6) is 11.5 Å². The fourth-order valence-electron chi connectivity index (χ4n) is 2.45. The summed E-state index contributed by atoms with van der Waals surface area (Å²) < 4.78 is 15.6. The molecule has 2 aromatic carbocycles. The highest BCUT2D eigenvalue weighted by molar-refractivity contribution is 7.99. The summed E-state index contributed by atoms with van der Waals surface area (Å²) >= 11 is 7.48. The average molecular weight is 434 g/mol. The number of methoxy groups -OCH3 is 2. The zero-order valence-electron chi connectivity index (χ0n) is 16.1. The molecule has 0 aliphatic rings. The van der Waals surface area contributed by atoms with Crippen molar-refractivity contribution >= 4 is 35.0 Å². The molecule has 0 saturated heterocycles.